The summed E-state index contributed by atoms with van der Waals surface area (Å²) in [5.41, 5.74) is 2.81. The Kier molecular flexibility index (Phi) is 5.72. The van der Waals surface area contributed by atoms with Gasteiger partial charge in [-0.1, -0.05) is 12.1 Å². The zero-order valence-electron chi connectivity index (χ0n) is 16.4. The fourth-order valence-corrected chi connectivity index (χ4v) is 2.95. The highest BCUT2D eigenvalue weighted by atomic mass is 19.1. The number of nitrogens with one attached hydrogen (secondary N) is 2. The molecule has 0 atom stereocenters. The van der Waals surface area contributed by atoms with E-state index in [-0.39, 0.29) is 36.1 Å². The van der Waals surface area contributed by atoms with E-state index in [1.54, 1.807) is 0 Å². The van der Waals surface area contributed by atoms with Crippen molar-refractivity contribution in [2.45, 2.75) is 33.6 Å². The molecule has 1 heterocycles. The van der Waals surface area contributed by atoms with Gasteiger partial charge in [0.05, 0.1) is 11.4 Å². The predicted molar refractivity (Wildman–Crippen MR) is 109 cm³/mol. The maximum absolute atomic E-state index is 14.1. The highest BCUT2D eigenvalue weighted by Crippen LogP contribution is 2.26. The normalized spacial score (nSPS) is 13.7. The lowest BCUT2D eigenvalue weighted by molar-refractivity contribution is -0.119. The van der Waals surface area contributed by atoms with Gasteiger partial charge in [-0.25, -0.2) is 9.40 Å². The molecule has 3 rings (SSSR count). The number of rotatable bonds is 4. The van der Waals surface area contributed by atoms with Gasteiger partial charge in [0.15, 0.2) is 0 Å². The van der Waals surface area contributed by atoms with Crippen LogP contribution < -0.4 is 15.6 Å². The summed E-state index contributed by atoms with van der Waals surface area (Å²) in [6.45, 7) is 5.09. The van der Waals surface area contributed by atoms with Crippen LogP contribution in [-0.2, 0) is 14.4 Å². The number of carbonyl (C=O) groups excluding carboxylic acids is 3. The Morgan fingerprint density at radius 1 is 1.07 bits per heavy atom. The van der Waals surface area contributed by atoms with E-state index in [4.69, 9.17) is 0 Å². The predicted octanol–water partition coefficient (Wildman–Crippen LogP) is 3.52. The molecule has 2 N–H and O–H groups in total. The Bertz CT molecular complexity index is 1030. The molecule has 0 radical (unpaired) electrons. The van der Waals surface area contributed by atoms with E-state index in [1.807, 2.05) is 32.0 Å². The van der Waals surface area contributed by atoms with Gasteiger partial charge in [-0.15, -0.1) is 0 Å². The van der Waals surface area contributed by atoms with E-state index in [1.165, 1.54) is 24.1 Å². The minimum atomic E-state index is -0.647. The molecule has 0 aliphatic carbocycles. The van der Waals surface area contributed by atoms with Crippen LogP contribution >= 0.6 is 0 Å². The van der Waals surface area contributed by atoms with Crippen LogP contribution in [0.5, 0.6) is 0 Å². The number of hydrogen-bond acceptors (Lipinski definition) is 4. The minimum Gasteiger partial charge on any atom is -0.326 e. The van der Waals surface area contributed by atoms with E-state index in [0.717, 1.165) is 17.2 Å². The first-order valence-electron chi connectivity index (χ1n) is 9.11. The molecule has 0 spiro atoms. The van der Waals surface area contributed by atoms with Crippen LogP contribution in [0.25, 0.3) is 0 Å². The number of amides is 3. The standard InChI is InChI=1S/C21H21FN4O3/c1-12-4-5-13(2)19(10-12)26-20(28)9-8-17(25-26)21(29)24-18-11-15(23-14(3)27)6-7-16(18)22/h4-7,10-11H,8-9H2,1-3H3,(H,23,27)(H,24,29). The first kappa shape index (κ1) is 20.2. The van der Waals surface area contributed by atoms with Gasteiger partial charge in [-0.2, -0.15) is 5.10 Å². The largest absolute Gasteiger partial charge is 0.326 e. The highest BCUT2D eigenvalue weighted by Gasteiger charge is 2.27. The van der Waals surface area contributed by atoms with Gasteiger partial charge in [0, 0.05) is 25.5 Å². The average Bonchev–Trinajstić information content (AvgIpc) is 2.66. The van der Waals surface area contributed by atoms with E-state index >= 15 is 0 Å². The molecule has 0 fully saturated rings. The van der Waals surface area contributed by atoms with Crippen molar-refractivity contribution < 1.29 is 18.8 Å². The van der Waals surface area contributed by atoms with Gasteiger partial charge in [0.2, 0.25) is 11.8 Å². The van der Waals surface area contributed by atoms with Crippen molar-refractivity contribution in [3.05, 3.63) is 53.3 Å². The summed E-state index contributed by atoms with van der Waals surface area (Å²) in [6.07, 6.45) is 0.271. The number of carbonyl (C=O) groups is 3. The number of anilines is 3. The summed E-state index contributed by atoms with van der Waals surface area (Å²) >= 11 is 0. The van der Waals surface area contributed by atoms with Gasteiger partial charge in [-0.05, 0) is 49.2 Å². The van der Waals surface area contributed by atoms with Crippen molar-refractivity contribution in [1.82, 2.24) is 0 Å². The molecule has 0 aromatic heterocycles. The summed E-state index contributed by atoms with van der Waals surface area (Å²) in [7, 11) is 0. The summed E-state index contributed by atoms with van der Waals surface area (Å²) in [6, 6.07) is 9.50. The minimum absolute atomic E-state index is 0.0841. The molecule has 2 aromatic carbocycles. The summed E-state index contributed by atoms with van der Waals surface area (Å²) in [5.74, 6) is -1.78. The van der Waals surface area contributed by atoms with Crippen LogP contribution in [0.15, 0.2) is 41.5 Å². The van der Waals surface area contributed by atoms with E-state index in [9.17, 15) is 18.8 Å². The molecule has 7 nitrogen and oxygen atoms in total. The fourth-order valence-electron chi connectivity index (χ4n) is 2.95. The average molecular weight is 396 g/mol. The lowest BCUT2D eigenvalue weighted by Gasteiger charge is -2.25. The molecule has 1 aliphatic heterocycles. The maximum atomic E-state index is 14.1. The van der Waals surface area contributed by atoms with Crippen LogP contribution in [0.4, 0.5) is 21.5 Å². The van der Waals surface area contributed by atoms with E-state index < -0.39 is 11.7 Å². The van der Waals surface area contributed by atoms with Crippen LogP contribution in [-0.4, -0.2) is 23.4 Å². The zero-order chi connectivity index (χ0) is 21.1. The van der Waals surface area contributed by atoms with Gasteiger partial charge < -0.3 is 10.6 Å². The summed E-state index contributed by atoms with van der Waals surface area (Å²) in [4.78, 5) is 36.2. The van der Waals surface area contributed by atoms with Gasteiger partial charge in [0.1, 0.15) is 11.5 Å². The molecule has 0 saturated carbocycles. The molecule has 29 heavy (non-hydrogen) atoms. The smallest absolute Gasteiger partial charge is 0.271 e. The summed E-state index contributed by atoms with van der Waals surface area (Å²) < 4.78 is 14.1. The monoisotopic (exact) mass is 396 g/mol. The molecule has 0 saturated heterocycles. The van der Waals surface area contributed by atoms with E-state index in [0.29, 0.717) is 11.4 Å². The van der Waals surface area contributed by atoms with Crippen LogP contribution in [0.2, 0.25) is 0 Å². The van der Waals surface area contributed by atoms with Crippen molar-refractivity contribution in [3.8, 4) is 0 Å². The lowest BCUT2D eigenvalue weighted by Crippen LogP contribution is -2.36. The number of aryl methyl sites for hydroxylation is 2. The Labute approximate surface area is 167 Å². The van der Waals surface area contributed by atoms with Crippen LogP contribution in [0.3, 0.4) is 0 Å². The van der Waals surface area contributed by atoms with Crippen LogP contribution in [0.1, 0.15) is 30.9 Å². The quantitative estimate of drug-likeness (QED) is 0.828. The fraction of sp³-hybridized carbons (Fsp3) is 0.238. The van der Waals surface area contributed by atoms with Crippen molar-refractivity contribution in [3.63, 3.8) is 0 Å². The molecule has 2 aromatic rings. The Morgan fingerprint density at radius 3 is 2.55 bits per heavy atom. The maximum Gasteiger partial charge on any atom is 0.271 e. The Morgan fingerprint density at radius 2 is 1.83 bits per heavy atom. The second-order valence-electron chi connectivity index (χ2n) is 6.87. The first-order valence-corrected chi connectivity index (χ1v) is 9.11. The van der Waals surface area contributed by atoms with Crippen LogP contribution in [0, 0.1) is 19.7 Å². The second kappa shape index (κ2) is 8.22. The first-order chi connectivity index (χ1) is 13.7. The molecule has 1 aliphatic rings. The topological polar surface area (TPSA) is 90.9 Å². The molecule has 150 valence electrons. The molecular weight excluding hydrogens is 375 g/mol. The van der Waals surface area contributed by atoms with Crippen molar-refractivity contribution in [2.75, 3.05) is 15.6 Å². The molecule has 0 unspecified atom stereocenters. The molecule has 8 heteroatoms. The number of halogens is 1. The third-order valence-electron chi connectivity index (χ3n) is 4.42. The Hall–Kier alpha value is -3.55. The zero-order valence-corrected chi connectivity index (χ0v) is 16.4. The molecule has 0 bridgehead atoms. The van der Waals surface area contributed by atoms with Crippen molar-refractivity contribution in [1.29, 1.82) is 0 Å². The lowest BCUT2D eigenvalue weighted by atomic mass is 10.1. The van der Waals surface area contributed by atoms with Crippen molar-refractivity contribution in [2.24, 2.45) is 5.10 Å². The van der Waals surface area contributed by atoms with Gasteiger partial charge in [-0.3, -0.25) is 14.4 Å². The number of hydrazone groups is 1. The number of hydrogen-bond donors (Lipinski definition) is 2. The van der Waals surface area contributed by atoms with Crippen molar-refractivity contribution >= 4 is 40.5 Å². The molecular formula is C21H21FN4O3. The third-order valence-corrected chi connectivity index (χ3v) is 4.42. The van der Waals surface area contributed by atoms with E-state index in [2.05, 4.69) is 15.7 Å². The molecule has 3 amide bonds. The summed E-state index contributed by atoms with van der Waals surface area (Å²) in [5, 5.41) is 10.5. The van der Waals surface area contributed by atoms with Gasteiger partial charge in [0.25, 0.3) is 5.91 Å². The Balaban J connectivity index is 1.86. The van der Waals surface area contributed by atoms with Gasteiger partial charge >= 0.3 is 0 Å². The number of benzene rings is 2. The third kappa shape index (κ3) is 4.66. The number of nitrogens with zero attached hydrogens (tertiary/aromatic N) is 2. The highest BCUT2D eigenvalue weighted by molar-refractivity contribution is 6.44. The second-order valence-corrected chi connectivity index (χ2v) is 6.87. The SMILES string of the molecule is CC(=O)Nc1ccc(F)c(NC(=O)C2=NN(c3cc(C)ccc3C)C(=O)CC2)c1.